The molecule has 2 amide bonds. The Morgan fingerprint density at radius 2 is 1.97 bits per heavy atom. The third-order valence-electron chi connectivity index (χ3n) is 4.37. The summed E-state index contributed by atoms with van der Waals surface area (Å²) in [5.74, 6) is 0.0363. The number of benzene rings is 2. The molecule has 2 aromatic carbocycles. The number of hydrogen-bond donors (Lipinski definition) is 1. The van der Waals surface area contributed by atoms with Gasteiger partial charge in [-0.05, 0) is 31.2 Å². The molecule has 0 aromatic heterocycles. The van der Waals surface area contributed by atoms with Gasteiger partial charge >= 0.3 is 0 Å². The standard InChI is InChI=1S/C21H21N3O4S/c1-13(25)14-7-6-8-15(11-14)22-19(26)12-18-20(27)24(2)21(29-18)23-16-9-4-5-10-17(16)28-3/h4-11,18H,12H2,1-3H3,(H,22,26). The Balaban J connectivity index is 1.70. The summed E-state index contributed by atoms with van der Waals surface area (Å²) in [5, 5.41) is 2.69. The molecule has 1 aliphatic heterocycles. The second-order valence-corrected chi connectivity index (χ2v) is 7.63. The second kappa shape index (κ2) is 8.91. The van der Waals surface area contributed by atoms with Crippen LogP contribution >= 0.6 is 11.8 Å². The first-order valence-electron chi connectivity index (χ1n) is 8.96. The van der Waals surface area contributed by atoms with Crippen LogP contribution in [0.5, 0.6) is 5.75 Å². The van der Waals surface area contributed by atoms with E-state index in [-0.39, 0.29) is 24.0 Å². The monoisotopic (exact) mass is 411 g/mol. The zero-order valence-corrected chi connectivity index (χ0v) is 17.2. The maximum absolute atomic E-state index is 12.6. The highest BCUT2D eigenvalue weighted by atomic mass is 32.2. The molecule has 2 aromatic rings. The van der Waals surface area contributed by atoms with Gasteiger partial charge in [-0.25, -0.2) is 4.99 Å². The Kier molecular flexibility index (Phi) is 6.33. The van der Waals surface area contributed by atoms with Gasteiger partial charge in [0.05, 0.1) is 7.11 Å². The van der Waals surface area contributed by atoms with Crippen LogP contribution in [0.15, 0.2) is 53.5 Å². The molecule has 1 unspecified atom stereocenters. The highest BCUT2D eigenvalue weighted by Gasteiger charge is 2.37. The van der Waals surface area contributed by atoms with Gasteiger partial charge in [0.2, 0.25) is 11.8 Å². The molecule has 0 aliphatic carbocycles. The van der Waals surface area contributed by atoms with Gasteiger partial charge in [-0.15, -0.1) is 0 Å². The normalized spacial score (nSPS) is 17.5. The van der Waals surface area contributed by atoms with Crippen molar-refractivity contribution < 1.29 is 19.1 Å². The summed E-state index contributed by atoms with van der Waals surface area (Å²) in [5.41, 5.74) is 1.65. The van der Waals surface area contributed by atoms with Crippen LogP contribution in [-0.2, 0) is 9.59 Å². The van der Waals surface area contributed by atoms with Gasteiger partial charge < -0.3 is 10.1 Å². The van der Waals surface area contributed by atoms with Crippen LogP contribution in [0.2, 0.25) is 0 Å². The van der Waals surface area contributed by atoms with Crippen molar-refractivity contribution in [3.63, 3.8) is 0 Å². The Bertz CT molecular complexity index is 989. The maximum atomic E-state index is 12.6. The maximum Gasteiger partial charge on any atom is 0.242 e. The summed E-state index contributed by atoms with van der Waals surface area (Å²) in [4.78, 5) is 42.4. The van der Waals surface area contributed by atoms with Crippen molar-refractivity contribution in [2.24, 2.45) is 4.99 Å². The quantitative estimate of drug-likeness (QED) is 0.735. The van der Waals surface area contributed by atoms with E-state index in [1.54, 1.807) is 50.6 Å². The van der Waals surface area contributed by atoms with E-state index in [0.717, 1.165) is 0 Å². The number of rotatable bonds is 6. The molecule has 1 aliphatic rings. The van der Waals surface area contributed by atoms with E-state index in [1.807, 2.05) is 12.1 Å². The van der Waals surface area contributed by atoms with E-state index >= 15 is 0 Å². The number of ketones is 1. The number of amidine groups is 1. The molecule has 1 fully saturated rings. The molecule has 150 valence electrons. The minimum absolute atomic E-state index is 0.00306. The molecular formula is C21H21N3O4S. The smallest absolute Gasteiger partial charge is 0.242 e. The van der Waals surface area contributed by atoms with E-state index < -0.39 is 5.25 Å². The third-order valence-corrected chi connectivity index (χ3v) is 5.59. The van der Waals surface area contributed by atoms with Gasteiger partial charge in [0, 0.05) is 24.7 Å². The number of hydrogen-bond acceptors (Lipinski definition) is 6. The molecule has 1 N–H and O–H groups in total. The average molecular weight is 411 g/mol. The fraction of sp³-hybridized carbons (Fsp3) is 0.238. The van der Waals surface area contributed by atoms with Crippen LogP contribution in [-0.4, -0.2) is 47.1 Å². The highest BCUT2D eigenvalue weighted by molar-refractivity contribution is 8.15. The van der Waals surface area contributed by atoms with Crippen molar-refractivity contribution in [2.75, 3.05) is 19.5 Å². The van der Waals surface area contributed by atoms with Gasteiger partial charge in [0.15, 0.2) is 11.0 Å². The van der Waals surface area contributed by atoms with E-state index in [2.05, 4.69) is 10.3 Å². The summed E-state index contributed by atoms with van der Waals surface area (Å²) in [7, 11) is 3.20. The van der Waals surface area contributed by atoms with Crippen molar-refractivity contribution in [3.8, 4) is 5.75 Å². The lowest BCUT2D eigenvalue weighted by atomic mass is 10.1. The molecule has 1 saturated heterocycles. The Morgan fingerprint density at radius 1 is 1.21 bits per heavy atom. The number of methoxy groups -OCH3 is 1. The summed E-state index contributed by atoms with van der Waals surface area (Å²) >= 11 is 1.24. The molecule has 1 heterocycles. The fourth-order valence-corrected chi connectivity index (χ4v) is 3.97. The zero-order valence-electron chi connectivity index (χ0n) is 16.3. The fourth-order valence-electron chi connectivity index (χ4n) is 2.82. The molecular weight excluding hydrogens is 390 g/mol. The molecule has 7 nitrogen and oxygen atoms in total. The van der Waals surface area contributed by atoms with Crippen LogP contribution in [0.4, 0.5) is 11.4 Å². The summed E-state index contributed by atoms with van der Waals surface area (Å²) in [6, 6.07) is 14.0. The Morgan fingerprint density at radius 3 is 2.69 bits per heavy atom. The first-order valence-corrected chi connectivity index (χ1v) is 9.84. The number of para-hydroxylation sites is 2. The van der Waals surface area contributed by atoms with Gasteiger partial charge in [0.1, 0.15) is 16.7 Å². The predicted molar refractivity (Wildman–Crippen MR) is 114 cm³/mol. The number of aliphatic imine (C=N–C) groups is 1. The zero-order chi connectivity index (χ0) is 21.0. The minimum Gasteiger partial charge on any atom is -0.494 e. The van der Waals surface area contributed by atoms with Crippen LogP contribution in [0.25, 0.3) is 0 Å². The molecule has 0 spiro atoms. The van der Waals surface area contributed by atoms with E-state index in [0.29, 0.717) is 27.9 Å². The van der Waals surface area contributed by atoms with Crippen LogP contribution in [0, 0.1) is 0 Å². The van der Waals surface area contributed by atoms with Gasteiger partial charge in [-0.1, -0.05) is 36.0 Å². The molecule has 1 atom stereocenters. The molecule has 3 rings (SSSR count). The number of carbonyl (C=O) groups excluding carboxylic acids is 3. The number of anilines is 1. The topological polar surface area (TPSA) is 88.1 Å². The first-order chi connectivity index (χ1) is 13.9. The lowest BCUT2D eigenvalue weighted by Gasteiger charge is -2.10. The van der Waals surface area contributed by atoms with Gasteiger partial charge in [0.25, 0.3) is 0 Å². The van der Waals surface area contributed by atoms with Crippen molar-refractivity contribution in [3.05, 3.63) is 54.1 Å². The van der Waals surface area contributed by atoms with Gasteiger partial charge in [-0.3, -0.25) is 19.3 Å². The van der Waals surface area contributed by atoms with Crippen LogP contribution in [0.3, 0.4) is 0 Å². The largest absolute Gasteiger partial charge is 0.494 e. The Hall–Kier alpha value is -3.13. The minimum atomic E-state index is -0.565. The Labute approximate surface area is 173 Å². The third kappa shape index (κ3) is 4.83. The summed E-state index contributed by atoms with van der Waals surface area (Å²) < 4.78 is 5.29. The van der Waals surface area contributed by atoms with Crippen molar-refractivity contribution in [2.45, 2.75) is 18.6 Å². The number of nitrogens with zero attached hydrogens (tertiary/aromatic N) is 2. The van der Waals surface area contributed by atoms with Crippen molar-refractivity contribution >= 4 is 45.9 Å². The van der Waals surface area contributed by atoms with E-state index in [9.17, 15) is 14.4 Å². The lowest BCUT2D eigenvalue weighted by molar-refractivity contribution is -0.127. The lowest BCUT2D eigenvalue weighted by Crippen LogP contribution is -2.30. The first kappa shape index (κ1) is 20.6. The van der Waals surface area contributed by atoms with Gasteiger partial charge in [-0.2, -0.15) is 0 Å². The molecule has 8 heteroatoms. The molecule has 29 heavy (non-hydrogen) atoms. The molecule has 0 bridgehead atoms. The van der Waals surface area contributed by atoms with E-state index in [4.69, 9.17) is 4.74 Å². The average Bonchev–Trinajstić information content (AvgIpc) is 2.96. The van der Waals surface area contributed by atoms with Crippen molar-refractivity contribution in [1.29, 1.82) is 0 Å². The number of amides is 2. The van der Waals surface area contributed by atoms with Crippen LogP contribution in [0.1, 0.15) is 23.7 Å². The number of carbonyl (C=O) groups is 3. The number of nitrogens with one attached hydrogen (secondary N) is 1. The summed E-state index contributed by atoms with van der Waals surface area (Å²) in [6.45, 7) is 1.47. The molecule has 0 radical (unpaired) electrons. The second-order valence-electron chi connectivity index (χ2n) is 6.46. The van der Waals surface area contributed by atoms with E-state index in [1.165, 1.54) is 23.6 Å². The highest BCUT2D eigenvalue weighted by Crippen LogP contribution is 2.33. The van der Waals surface area contributed by atoms with Crippen molar-refractivity contribution in [1.82, 2.24) is 4.90 Å². The SMILES string of the molecule is COc1ccccc1N=C1SC(CC(=O)Nc2cccc(C(C)=O)c2)C(=O)N1C. The van der Waals surface area contributed by atoms with Crippen LogP contribution < -0.4 is 10.1 Å². The number of Topliss-reactive ketones (excluding diaryl/α,β-unsaturated/α-hetero) is 1. The molecule has 0 saturated carbocycles. The predicted octanol–water partition coefficient (Wildman–Crippen LogP) is 3.49. The number of thioether (sulfide) groups is 1. The summed E-state index contributed by atoms with van der Waals surface area (Å²) in [6.07, 6.45) is 0.00306. The number of ether oxygens (including phenoxy) is 1.